The number of esters is 1. The summed E-state index contributed by atoms with van der Waals surface area (Å²) in [5.74, 6) is -0.188. The molecule has 0 aromatic carbocycles. The lowest BCUT2D eigenvalue weighted by Crippen LogP contribution is -2.41. The van der Waals surface area contributed by atoms with Crippen molar-refractivity contribution < 1.29 is 14.3 Å². The molecule has 0 aromatic rings. The smallest absolute Gasteiger partial charge is 0.320 e. The van der Waals surface area contributed by atoms with Gasteiger partial charge in [-0.1, -0.05) is 0 Å². The SMILES string of the molecule is C[C@@H]1C[C@H](NCC(=O)OC(C)(C)C)CCO1. The van der Waals surface area contributed by atoms with Crippen LogP contribution >= 0.6 is 0 Å². The fourth-order valence-corrected chi connectivity index (χ4v) is 1.79. The molecule has 0 aromatic heterocycles. The summed E-state index contributed by atoms with van der Waals surface area (Å²) >= 11 is 0. The van der Waals surface area contributed by atoms with Gasteiger partial charge >= 0.3 is 5.97 Å². The van der Waals surface area contributed by atoms with E-state index in [-0.39, 0.29) is 18.6 Å². The van der Waals surface area contributed by atoms with E-state index in [1.807, 2.05) is 20.8 Å². The third kappa shape index (κ3) is 5.47. The highest BCUT2D eigenvalue weighted by Crippen LogP contribution is 2.13. The number of rotatable bonds is 3. The Morgan fingerprint density at radius 1 is 1.50 bits per heavy atom. The number of carbonyl (C=O) groups excluding carboxylic acids is 1. The lowest BCUT2D eigenvalue weighted by molar-refractivity contribution is -0.154. The maximum absolute atomic E-state index is 11.5. The first kappa shape index (κ1) is 13.5. The zero-order valence-electron chi connectivity index (χ0n) is 10.7. The summed E-state index contributed by atoms with van der Waals surface area (Å²) in [4.78, 5) is 11.5. The second-order valence-electron chi connectivity index (χ2n) is 5.37. The lowest BCUT2D eigenvalue weighted by Gasteiger charge is -2.28. The highest BCUT2D eigenvalue weighted by molar-refractivity contribution is 5.72. The summed E-state index contributed by atoms with van der Waals surface area (Å²) in [6, 6.07) is 0.372. The zero-order valence-corrected chi connectivity index (χ0v) is 10.7. The van der Waals surface area contributed by atoms with E-state index in [4.69, 9.17) is 9.47 Å². The van der Waals surface area contributed by atoms with Crippen LogP contribution in [0.1, 0.15) is 40.5 Å². The van der Waals surface area contributed by atoms with Gasteiger partial charge in [0, 0.05) is 12.6 Å². The highest BCUT2D eigenvalue weighted by Gasteiger charge is 2.21. The Kier molecular flexibility index (Phi) is 4.74. The van der Waals surface area contributed by atoms with Crippen LogP contribution in [0.5, 0.6) is 0 Å². The Labute approximate surface area is 97.7 Å². The largest absolute Gasteiger partial charge is 0.459 e. The molecule has 0 saturated carbocycles. The number of nitrogens with one attached hydrogen (secondary N) is 1. The Balaban J connectivity index is 2.21. The molecule has 0 radical (unpaired) electrons. The van der Waals surface area contributed by atoms with Gasteiger partial charge in [0.15, 0.2) is 0 Å². The van der Waals surface area contributed by atoms with E-state index in [0.29, 0.717) is 6.04 Å². The Morgan fingerprint density at radius 2 is 2.19 bits per heavy atom. The first-order valence-electron chi connectivity index (χ1n) is 5.93. The topological polar surface area (TPSA) is 47.6 Å². The first-order valence-corrected chi connectivity index (χ1v) is 5.93. The van der Waals surface area contributed by atoms with Crippen LogP contribution in [-0.2, 0) is 14.3 Å². The van der Waals surface area contributed by atoms with Crippen molar-refractivity contribution in [3.63, 3.8) is 0 Å². The molecule has 1 aliphatic rings. The lowest BCUT2D eigenvalue weighted by atomic mass is 10.0. The third-order valence-electron chi connectivity index (χ3n) is 2.44. The van der Waals surface area contributed by atoms with Crippen molar-refractivity contribution in [2.45, 2.75) is 58.3 Å². The van der Waals surface area contributed by atoms with Crippen molar-refractivity contribution >= 4 is 5.97 Å². The summed E-state index contributed by atoms with van der Waals surface area (Å²) in [5.41, 5.74) is -0.401. The molecular formula is C12H23NO3. The van der Waals surface area contributed by atoms with E-state index >= 15 is 0 Å². The van der Waals surface area contributed by atoms with Gasteiger partial charge in [-0.3, -0.25) is 4.79 Å². The van der Waals surface area contributed by atoms with Crippen LogP contribution in [0.2, 0.25) is 0 Å². The molecule has 94 valence electrons. The van der Waals surface area contributed by atoms with E-state index < -0.39 is 5.60 Å². The van der Waals surface area contributed by atoms with Crippen LogP contribution in [0.3, 0.4) is 0 Å². The molecule has 0 amide bonds. The van der Waals surface area contributed by atoms with E-state index in [0.717, 1.165) is 19.4 Å². The molecule has 0 spiro atoms. The first-order chi connectivity index (χ1) is 7.37. The number of ether oxygens (including phenoxy) is 2. The minimum absolute atomic E-state index is 0.188. The summed E-state index contributed by atoms with van der Waals surface area (Å²) < 4.78 is 10.7. The molecule has 4 heteroatoms. The molecule has 2 atom stereocenters. The van der Waals surface area contributed by atoms with Gasteiger partial charge in [0.1, 0.15) is 5.60 Å². The van der Waals surface area contributed by atoms with E-state index in [9.17, 15) is 4.79 Å². The molecule has 1 N–H and O–H groups in total. The third-order valence-corrected chi connectivity index (χ3v) is 2.44. The van der Waals surface area contributed by atoms with Crippen molar-refractivity contribution in [3.05, 3.63) is 0 Å². The van der Waals surface area contributed by atoms with Gasteiger partial charge in [-0.05, 0) is 40.5 Å². The average molecular weight is 229 g/mol. The van der Waals surface area contributed by atoms with Gasteiger partial charge < -0.3 is 14.8 Å². The van der Waals surface area contributed by atoms with Gasteiger partial charge in [-0.15, -0.1) is 0 Å². The minimum Gasteiger partial charge on any atom is -0.459 e. The summed E-state index contributed by atoms with van der Waals surface area (Å²) in [5, 5.41) is 3.22. The molecule has 1 fully saturated rings. The Hall–Kier alpha value is -0.610. The second-order valence-corrected chi connectivity index (χ2v) is 5.37. The maximum atomic E-state index is 11.5. The molecular weight excluding hydrogens is 206 g/mol. The monoisotopic (exact) mass is 229 g/mol. The molecule has 0 bridgehead atoms. The number of hydrogen-bond donors (Lipinski definition) is 1. The van der Waals surface area contributed by atoms with E-state index in [2.05, 4.69) is 12.2 Å². The zero-order chi connectivity index (χ0) is 12.2. The van der Waals surface area contributed by atoms with Gasteiger partial charge in [0.2, 0.25) is 0 Å². The fraction of sp³-hybridized carbons (Fsp3) is 0.917. The molecule has 1 aliphatic heterocycles. The van der Waals surface area contributed by atoms with E-state index in [1.54, 1.807) is 0 Å². The molecule has 1 heterocycles. The fourth-order valence-electron chi connectivity index (χ4n) is 1.79. The van der Waals surface area contributed by atoms with Gasteiger partial charge in [-0.2, -0.15) is 0 Å². The summed E-state index contributed by atoms with van der Waals surface area (Å²) in [6.07, 6.45) is 2.21. The molecule has 0 aliphatic carbocycles. The Bertz CT molecular complexity index is 235. The predicted molar refractivity (Wildman–Crippen MR) is 62.3 cm³/mol. The van der Waals surface area contributed by atoms with Crippen LogP contribution in [0, 0.1) is 0 Å². The predicted octanol–water partition coefficient (Wildman–Crippen LogP) is 1.49. The van der Waals surface area contributed by atoms with Crippen molar-refractivity contribution in [1.29, 1.82) is 0 Å². The molecule has 0 unspecified atom stereocenters. The summed E-state index contributed by atoms with van der Waals surface area (Å²) in [7, 11) is 0. The molecule has 1 saturated heterocycles. The van der Waals surface area contributed by atoms with Crippen molar-refractivity contribution in [3.8, 4) is 0 Å². The van der Waals surface area contributed by atoms with Gasteiger partial charge in [-0.25, -0.2) is 0 Å². The van der Waals surface area contributed by atoms with Crippen molar-refractivity contribution in [2.24, 2.45) is 0 Å². The maximum Gasteiger partial charge on any atom is 0.320 e. The van der Waals surface area contributed by atoms with Gasteiger partial charge in [0.05, 0.1) is 12.6 Å². The molecule has 4 nitrogen and oxygen atoms in total. The quantitative estimate of drug-likeness (QED) is 0.745. The van der Waals surface area contributed by atoms with Crippen LogP contribution in [0.4, 0.5) is 0 Å². The normalized spacial score (nSPS) is 26.5. The van der Waals surface area contributed by atoms with Crippen molar-refractivity contribution in [2.75, 3.05) is 13.2 Å². The minimum atomic E-state index is -0.401. The Morgan fingerprint density at radius 3 is 2.75 bits per heavy atom. The number of carbonyl (C=O) groups is 1. The average Bonchev–Trinajstić information content (AvgIpc) is 2.12. The molecule has 16 heavy (non-hydrogen) atoms. The van der Waals surface area contributed by atoms with Crippen LogP contribution in [-0.4, -0.2) is 36.9 Å². The van der Waals surface area contributed by atoms with Gasteiger partial charge in [0.25, 0.3) is 0 Å². The standard InChI is InChI=1S/C12H23NO3/c1-9-7-10(5-6-15-9)13-8-11(14)16-12(2,3)4/h9-10,13H,5-8H2,1-4H3/t9-,10-/m1/s1. The van der Waals surface area contributed by atoms with Crippen molar-refractivity contribution in [1.82, 2.24) is 5.32 Å². The number of hydrogen-bond acceptors (Lipinski definition) is 4. The second kappa shape index (κ2) is 5.64. The van der Waals surface area contributed by atoms with Crippen LogP contribution in [0.15, 0.2) is 0 Å². The summed E-state index contributed by atoms with van der Waals surface area (Å²) in [6.45, 7) is 8.74. The van der Waals surface area contributed by atoms with E-state index in [1.165, 1.54) is 0 Å². The van der Waals surface area contributed by atoms with Crippen LogP contribution < -0.4 is 5.32 Å². The highest BCUT2D eigenvalue weighted by atomic mass is 16.6. The van der Waals surface area contributed by atoms with Crippen LogP contribution in [0.25, 0.3) is 0 Å². The molecule has 1 rings (SSSR count).